The van der Waals surface area contributed by atoms with Gasteiger partial charge in [0.2, 0.25) is 0 Å². The van der Waals surface area contributed by atoms with Gasteiger partial charge in [0.1, 0.15) is 5.82 Å². The van der Waals surface area contributed by atoms with E-state index in [9.17, 15) is 9.59 Å². The topological polar surface area (TPSA) is 64.0 Å². The van der Waals surface area contributed by atoms with Crippen LogP contribution in [0, 0.1) is 6.92 Å². The van der Waals surface area contributed by atoms with Gasteiger partial charge in [-0.1, -0.05) is 12.1 Å². The van der Waals surface area contributed by atoms with E-state index in [1.807, 2.05) is 31.2 Å². The number of hydrogen-bond donors (Lipinski definition) is 1. The van der Waals surface area contributed by atoms with Crippen molar-refractivity contribution in [2.75, 3.05) is 5.32 Å². The lowest BCUT2D eigenvalue weighted by Crippen LogP contribution is -2.21. The average molecular weight is 319 g/mol. The van der Waals surface area contributed by atoms with Gasteiger partial charge in [0.15, 0.2) is 0 Å². The summed E-state index contributed by atoms with van der Waals surface area (Å²) in [4.78, 5) is 29.5. The van der Waals surface area contributed by atoms with Crippen LogP contribution >= 0.6 is 0 Å². The third-order valence-corrected chi connectivity index (χ3v) is 4.35. The van der Waals surface area contributed by atoms with E-state index < -0.39 is 0 Å². The van der Waals surface area contributed by atoms with Gasteiger partial charge in [-0.25, -0.2) is 4.98 Å². The predicted octanol–water partition coefficient (Wildman–Crippen LogP) is 2.90. The van der Waals surface area contributed by atoms with Gasteiger partial charge in [-0.3, -0.25) is 14.2 Å². The first-order valence-corrected chi connectivity index (χ1v) is 8.03. The first-order valence-electron chi connectivity index (χ1n) is 8.03. The van der Waals surface area contributed by atoms with Gasteiger partial charge in [-0.2, -0.15) is 0 Å². The second-order valence-corrected chi connectivity index (χ2v) is 6.14. The number of anilines is 1. The average Bonchev–Trinajstić information content (AvgIpc) is 3.03. The summed E-state index contributed by atoms with van der Waals surface area (Å²) in [5.74, 6) is 0.605. The lowest BCUT2D eigenvalue weighted by Gasteiger charge is -2.08. The van der Waals surface area contributed by atoms with E-state index in [1.165, 1.54) is 0 Å². The van der Waals surface area contributed by atoms with Crippen LogP contribution in [-0.4, -0.2) is 15.5 Å². The molecule has 0 fully saturated rings. The number of carbonyl (C=O) groups is 1. The summed E-state index contributed by atoms with van der Waals surface area (Å²) < 4.78 is 1.73. The Balaban J connectivity index is 1.71. The lowest BCUT2D eigenvalue weighted by molar-refractivity contribution is 0.102. The van der Waals surface area contributed by atoms with Crippen LogP contribution in [0.3, 0.4) is 0 Å². The van der Waals surface area contributed by atoms with Crippen molar-refractivity contribution >= 4 is 22.5 Å². The molecule has 3 aromatic rings. The van der Waals surface area contributed by atoms with E-state index in [0.717, 1.165) is 36.5 Å². The van der Waals surface area contributed by atoms with E-state index in [1.54, 1.807) is 22.8 Å². The lowest BCUT2D eigenvalue weighted by atomic mass is 10.1. The van der Waals surface area contributed by atoms with Gasteiger partial charge in [-0.05, 0) is 49.2 Å². The fourth-order valence-electron chi connectivity index (χ4n) is 3.15. The molecule has 0 radical (unpaired) electrons. The molecular weight excluding hydrogens is 302 g/mol. The zero-order chi connectivity index (χ0) is 16.7. The van der Waals surface area contributed by atoms with Crippen LogP contribution in [0.5, 0.6) is 0 Å². The molecule has 1 aromatic heterocycles. The molecule has 4 rings (SSSR count). The molecule has 0 bridgehead atoms. The van der Waals surface area contributed by atoms with Crippen LogP contribution < -0.4 is 10.9 Å². The summed E-state index contributed by atoms with van der Waals surface area (Å²) >= 11 is 0. The van der Waals surface area contributed by atoms with E-state index in [4.69, 9.17) is 0 Å². The maximum absolute atomic E-state index is 12.5. The first kappa shape index (κ1) is 14.6. The fourth-order valence-corrected chi connectivity index (χ4v) is 3.15. The van der Waals surface area contributed by atoms with Crippen molar-refractivity contribution < 1.29 is 4.79 Å². The molecule has 1 aliphatic heterocycles. The third kappa shape index (κ3) is 2.48. The zero-order valence-corrected chi connectivity index (χ0v) is 13.4. The molecule has 0 saturated carbocycles. The highest BCUT2D eigenvalue weighted by molar-refractivity contribution is 6.06. The fraction of sp³-hybridized carbons (Fsp3) is 0.211. The summed E-state index contributed by atoms with van der Waals surface area (Å²) in [6, 6.07) is 12.7. The number of amides is 1. The molecule has 5 heteroatoms. The smallest absolute Gasteiger partial charge is 0.261 e. The second kappa shape index (κ2) is 5.60. The summed E-state index contributed by atoms with van der Waals surface area (Å²) in [6.45, 7) is 2.70. The number of aromatic nitrogens is 2. The molecule has 2 aromatic carbocycles. The maximum Gasteiger partial charge on any atom is 0.261 e. The molecule has 1 aliphatic rings. The standard InChI is InChI=1S/C19H17N3O2/c1-12-4-2-5-14(10-12)20-18(23)13-7-8-15-16(11-13)21-17-6-3-9-22(17)19(15)24/h2,4-5,7-8,10-11H,3,6,9H2,1H3,(H,20,23). The molecule has 24 heavy (non-hydrogen) atoms. The molecule has 1 amide bonds. The number of nitrogens with one attached hydrogen (secondary N) is 1. The summed E-state index contributed by atoms with van der Waals surface area (Å²) in [6.07, 6.45) is 1.75. The molecule has 5 nitrogen and oxygen atoms in total. The summed E-state index contributed by atoms with van der Waals surface area (Å²) in [5.41, 5.74) is 2.90. The molecule has 0 saturated heterocycles. The molecule has 120 valence electrons. The Labute approximate surface area is 139 Å². The molecular formula is C19H17N3O2. The second-order valence-electron chi connectivity index (χ2n) is 6.14. The van der Waals surface area contributed by atoms with Crippen LogP contribution in [0.4, 0.5) is 5.69 Å². The maximum atomic E-state index is 12.5. The van der Waals surface area contributed by atoms with Gasteiger partial charge < -0.3 is 5.32 Å². The number of aryl methyl sites for hydroxylation is 2. The minimum Gasteiger partial charge on any atom is -0.322 e. The van der Waals surface area contributed by atoms with Crippen LogP contribution in [0.1, 0.15) is 28.2 Å². The number of rotatable bonds is 2. The monoisotopic (exact) mass is 319 g/mol. The predicted molar refractivity (Wildman–Crippen MR) is 93.5 cm³/mol. The highest BCUT2D eigenvalue weighted by Gasteiger charge is 2.17. The van der Waals surface area contributed by atoms with Gasteiger partial charge in [0.25, 0.3) is 11.5 Å². The van der Waals surface area contributed by atoms with Crippen molar-refractivity contribution in [3.05, 3.63) is 69.8 Å². The highest BCUT2D eigenvalue weighted by Crippen LogP contribution is 2.17. The Kier molecular flexibility index (Phi) is 3.41. The molecule has 2 heterocycles. The van der Waals surface area contributed by atoms with Crippen LogP contribution in [0.15, 0.2) is 47.3 Å². The summed E-state index contributed by atoms with van der Waals surface area (Å²) in [7, 11) is 0. The van der Waals surface area contributed by atoms with Crippen LogP contribution in [0.25, 0.3) is 10.9 Å². The third-order valence-electron chi connectivity index (χ3n) is 4.35. The Morgan fingerprint density at radius 3 is 2.92 bits per heavy atom. The summed E-state index contributed by atoms with van der Waals surface area (Å²) in [5, 5.41) is 3.44. The first-order chi connectivity index (χ1) is 11.6. The number of carbonyl (C=O) groups excluding carboxylic acids is 1. The number of benzene rings is 2. The van der Waals surface area contributed by atoms with Crippen molar-refractivity contribution in [3.63, 3.8) is 0 Å². The number of hydrogen-bond acceptors (Lipinski definition) is 3. The number of nitrogens with zero attached hydrogens (tertiary/aromatic N) is 2. The van der Waals surface area contributed by atoms with E-state index >= 15 is 0 Å². The zero-order valence-electron chi connectivity index (χ0n) is 13.4. The molecule has 0 atom stereocenters. The van der Waals surface area contributed by atoms with Crippen molar-refractivity contribution in [1.29, 1.82) is 0 Å². The largest absolute Gasteiger partial charge is 0.322 e. The quantitative estimate of drug-likeness (QED) is 0.790. The van der Waals surface area contributed by atoms with Gasteiger partial charge in [-0.15, -0.1) is 0 Å². The Morgan fingerprint density at radius 2 is 2.08 bits per heavy atom. The van der Waals surface area contributed by atoms with Crippen molar-refractivity contribution in [3.8, 4) is 0 Å². The minimum atomic E-state index is -0.204. The Hall–Kier alpha value is -2.95. The van der Waals surface area contributed by atoms with Gasteiger partial charge in [0.05, 0.1) is 10.9 Å². The van der Waals surface area contributed by atoms with Gasteiger partial charge in [0, 0.05) is 24.2 Å². The SMILES string of the molecule is Cc1cccc(NC(=O)c2ccc3c(=O)n4c(nc3c2)CCC4)c1. The Bertz CT molecular complexity index is 1020. The molecule has 0 aliphatic carbocycles. The minimum absolute atomic E-state index is 0.0156. The normalized spacial score (nSPS) is 13.0. The molecule has 0 unspecified atom stereocenters. The highest BCUT2D eigenvalue weighted by atomic mass is 16.1. The van der Waals surface area contributed by atoms with E-state index in [0.29, 0.717) is 16.5 Å². The van der Waals surface area contributed by atoms with Gasteiger partial charge >= 0.3 is 0 Å². The van der Waals surface area contributed by atoms with Crippen LogP contribution in [0.2, 0.25) is 0 Å². The molecule has 0 spiro atoms. The Morgan fingerprint density at radius 1 is 1.21 bits per heavy atom. The van der Waals surface area contributed by atoms with E-state index in [-0.39, 0.29) is 11.5 Å². The molecule has 1 N–H and O–H groups in total. The van der Waals surface area contributed by atoms with Crippen LogP contribution in [-0.2, 0) is 13.0 Å². The number of fused-ring (bicyclic) bond motifs is 2. The van der Waals surface area contributed by atoms with Crippen molar-refractivity contribution in [2.24, 2.45) is 0 Å². The van der Waals surface area contributed by atoms with E-state index in [2.05, 4.69) is 10.3 Å². The van der Waals surface area contributed by atoms with Crippen molar-refractivity contribution in [1.82, 2.24) is 9.55 Å². The van der Waals surface area contributed by atoms with Crippen molar-refractivity contribution in [2.45, 2.75) is 26.3 Å².